The second kappa shape index (κ2) is 6.39. The number of aryl methyl sites for hydroxylation is 1. The summed E-state index contributed by atoms with van der Waals surface area (Å²) in [6.07, 6.45) is -4.32. The Balaban J connectivity index is 2.07. The standard InChI is InChI=1S/C16H14ClF3O/c1-11-2-7-15(13(8-11)9-17)21-10-12-3-5-14(6-4-12)16(18,19)20/h2-8H,9-10H2,1H3. The fourth-order valence-electron chi connectivity index (χ4n) is 1.90. The molecule has 0 atom stereocenters. The molecule has 2 rings (SSSR count). The SMILES string of the molecule is Cc1ccc(OCc2ccc(C(F)(F)F)cc2)c(CCl)c1. The van der Waals surface area contributed by atoms with Gasteiger partial charge in [0.1, 0.15) is 12.4 Å². The van der Waals surface area contributed by atoms with Crippen LogP contribution in [-0.2, 0) is 18.7 Å². The zero-order chi connectivity index (χ0) is 15.5. The minimum Gasteiger partial charge on any atom is -0.489 e. The molecule has 2 aromatic carbocycles. The van der Waals surface area contributed by atoms with Crippen LogP contribution >= 0.6 is 11.6 Å². The molecule has 2 aromatic rings. The van der Waals surface area contributed by atoms with Crippen LogP contribution in [0.5, 0.6) is 5.75 Å². The third-order valence-electron chi connectivity index (χ3n) is 3.04. The molecule has 0 aliphatic carbocycles. The van der Waals surface area contributed by atoms with Gasteiger partial charge in [0.25, 0.3) is 0 Å². The Bertz CT molecular complexity index is 606. The summed E-state index contributed by atoms with van der Waals surface area (Å²) in [4.78, 5) is 0. The van der Waals surface area contributed by atoms with Crippen LogP contribution in [0.3, 0.4) is 0 Å². The molecule has 0 saturated heterocycles. The van der Waals surface area contributed by atoms with Crippen molar-refractivity contribution in [2.24, 2.45) is 0 Å². The van der Waals surface area contributed by atoms with Crippen molar-refractivity contribution in [3.63, 3.8) is 0 Å². The van der Waals surface area contributed by atoms with Gasteiger partial charge in [-0.1, -0.05) is 29.8 Å². The van der Waals surface area contributed by atoms with Crippen LogP contribution in [0.1, 0.15) is 22.3 Å². The third kappa shape index (κ3) is 4.14. The van der Waals surface area contributed by atoms with Crippen LogP contribution in [0.2, 0.25) is 0 Å². The maximum absolute atomic E-state index is 12.5. The lowest BCUT2D eigenvalue weighted by molar-refractivity contribution is -0.137. The van der Waals surface area contributed by atoms with Gasteiger partial charge in [0.05, 0.1) is 11.4 Å². The number of alkyl halides is 4. The number of hydrogen-bond acceptors (Lipinski definition) is 1. The van der Waals surface area contributed by atoms with Crippen molar-refractivity contribution < 1.29 is 17.9 Å². The quantitative estimate of drug-likeness (QED) is 0.693. The van der Waals surface area contributed by atoms with Crippen molar-refractivity contribution >= 4 is 11.6 Å². The first kappa shape index (κ1) is 15.7. The van der Waals surface area contributed by atoms with Crippen molar-refractivity contribution in [2.45, 2.75) is 25.6 Å². The summed E-state index contributed by atoms with van der Waals surface area (Å²) >= 11 is 5.85. The molecule has 0 spiro atoms. The highest BCUT2D eigenvalue weighted by Crippen LogP contribution is 2.29. The van der Waals surface area contributed by atoms with Crippen molar-refractivity contribution in [3.8, 4) is 5.75 Å². The summed E-state index contributed by atoms with van der Waals surface area (Å²) in [6.45, 7) is 2.15. The van der Waals surface area contributed by atoms with E-state index in [0.717, 1.165) is 23.3 Å². The second-order valence-electron chi connectivity index (χ2n) is 4.73. The Morgan fingerprint density at radius 3 is 2.29 bits per heavy atom. The monoisotopic (exact) mass is 314 g/mol. The Labute approximate surface area is 126 Å². The van der Waals surface area contributed by atoms with Gasteiger partial charge in [-0.25, -0.2) is 0 Å². The van der Waals surface area contributed by atoms with E-state index < -0.39 is 11.7 Å². The van der Waals surface area contributed by atoms with E-state index in [-0.39, 0.29) is 6.61 Å². The highest BCUT2D eigenvalue weighted by molar-refractivity contribution is 6.17. The summed E-state index contributed by atoms with van der Waals surface area (Å²) in [7, 11) is 0. The Hall–Kier alpha value is -1.68. The normalized spacial score (nSPS) is 11.5. The molecule has 0 unspecified atom stereocenters. The third-order valence-corrected chi connectivity index (χ3v) is 3.32. The molecule has 0 N–H and O–H groups in total. The average molecular weight is 315 g/mol. The van der Waals surface area contributed by atoms with Gasteiger partial charge in [0.15, 0.2) is 0 Å². The van der Waals surface area contributed by atoms with Gasteiger partial charge < -0.3 is 4.74 Å². The highest BCUT2D eigenvalue weighted by atomic mass is 35.5. The van der Waals surface area contributed by atoms with E-state index >= 15 is 0 Å². The number of benzene rings is 2. The summed E-state index contributed by atoms with van der Waals surface area (Å²) in [5.74, 6) is 0.972. The molecule has 1 nitrogen and oxygen atoms in total. The van der Waals surface area contributed by atoms with Crippen LogP contribution < -0.4 is 4.74 Å². The topological polar surface area (TPSA) is 9.23 Å². The molecule has 112 valence electrons. The molecule has 0 aliphatic rings. The van der Waals surface area contributed by atoms with Crippen LogP contribution in [0.15, 0.2) is 42.5 Å². The Morgan fingerprint density at radius 1 is 1.05 bits per heavy atom. The van der Waals surface area contributed by atoms with Gasteiger partial charge in [-0.05, 0) is 30.7 Å². The molecular formula is C16H14ClF3O. The van der Waals surface area contributed by atoms with E-state index in [4.69, 9.17) is 16.3 Å². The number of rotatable bonds is 4. The van der Waals surface area contributed by atoms with E-state index in [1.54, 1.807) is 0 Å². The van der Waals surface area contributed by atoms with Crippen molar-refractivity contribution in [3.05, 3.63) is 64.7 Å². The molecule has 0 fully saturated rings. The van der Waals surface area contributed by atoms with Gasteiger partial charge in [0, 0.05) is 5.56 Å². The summed E-state index contributed by atoms with van der Waals surface area (Å²) in [5.41, 5.74) is 1.95. The number of ether oxygens (including phenoxy) is 1. The zero-order valence-corrected chi connectivity index (χ0v) is 12.1. The van der Waals surface area contributed by atoms with Gasteiger partial charge in [-0.2, -0.15) is 13.2 Å². The predicted octanol–water partition coefficient (Wildman–Crippen LogP) is 5.33. The van der Waals surface area contributed by atoms with E-state index in [1.807, 2.05) is 25.1 Å². The van der Waals surface area contributed by atoms with E-state index in [1.165, 1.54) is 12.1 Å². The molecule has 0 aromatic heterocycles. The molecule has 21 heavy (non-hydrogen) atoms. The average Bonchev–Trinajstić information content (AvgIpc) is 2.45. The fraction of sp³-hybridized carbons (Fsp3) is 0.250. The lowest BCUT2D eigenvalue weighted by Gasteiger charge is -2.12. The van der Waals surface area contributed by atoms with Crippen LogP contribution in [0, 0.1) is 6.92 Å². The summed E-state index contributed by atoms with van der Waals surface area (Å²) in [5, 5.41) is 0. The van der Waals surface area contributed by atoms with Gasteiger partial charge in [-0.15, -0.1) is 11.6 Å². The molecule has 0 bridgehead atoms. The van der Waals surface area contributed by atoms with E-state index in [9.17, 15) is 13.2 Å². The molecule has 0 saturated carbocycles. The summed E-state index contributed by atoms with van der Waals surface area (Å²) < 4.78 is 43.0. The van der Waals surface area contributed by atoms with Crippen LogP contribution in [0.4, 0.5) is 13.2 Å². The van der Waals surface area contributed by atoms with Crippen molar-refractivity contribution in [2.75, 3.05) is 0 Å². The fourth-order valence-corrected chi connectivity index (χ4v) is 2.11. The van der Waals surface area contributed by atoms with Crippen molar-refractivity contribution in [1.29, 1.82) is 0 Å². The predicted molar refractivity (Wildman–Crippen MR) is 76.5 cm³/mol. The van der Waals surface area contributed by atoms with E-state index in [0.29, 0.717) is 17.2 Å². The molecular weight excluding hydrogens is 301 g/mol. The van der Waals surface area contributed by atoms with Crippen molar-refractivity contribution in [1.82, 2.24) is 0 Å². The smallest absolute Gasteiger partial charge is 0.416 e. The van der Waals surface area contributed by atoms with Gasteiger partial charge >= 0.3 is 6.18 Å². The van der Waals surface area contributed by atoms with Gasteiger partial charge in [-0.3, -0.25) is 0 Å². The lowest BCUT2D eigenvalue weighted by Crippen LogP contribution is -2.05. The van der Waals surface area contributed by atoms with Crippen LogP contribution in [0.25, 0.3) is 0 Å². The minimum absolute atomic E-state index is 0.199. The Kier molecular flexibility index (Phi) is 4.78. The maximum Gasteiger partial charge on any atom is 0.416 e. The molecule has 0 heterocycles. The zero-order valence-electron chi connectivity index (χ0n) is 11.4. The van der Waals surface area contributed by atoms with E-state index in [2.05, 4.69) is 0 Å². The lowest BCUT2D eigenvalue weighted by atomic mass is 10.1. The van der Waals surface area contributed by atoms with Crippen LogP contribution in [-0.4, -0.2) is 0 Å². The second-order valence-corrected chi connectivity index (χ2v) is 5.00. The first-order valence-corrected chi connectivity index (χ1v) is 6.88. The molecule has 5 heteroatoms. The molecule has 0 radical (unpaired) electrons. The number of halogens is 4. The largest absolute Gasteiger partial charge is 0.489 e. The number of hydrogen-bond donors (Lipinski definition) is 0. The Morgan fingerprint density at radius 2 is 1.71 bits per heavy atom. The highest BCUT2D eigenvalue weighted by Gasteiger charge is 2.29. The first-order valence-electron chi connectivity index (χ1n) is 6.34. The minimum atomic E-state index is -4.32. The molecule has 0 aliphatic heterocycles. The maximum atomic E-state index is 12.5. The summed E-state index contributed by atoms with van der Waals surface area (Å²) in [6, 6.07) is 10.6. The van der Waals surface area contributed by atoms with Gasteiger partial charge in [0.2, 0.25) is 0 Å². The first-order chi connectivity index (χ1) is 9.90. The molecule has 0 amide bonds.